The van der Waals surface area contributed by atoms with Gasteiger partial charge < -0.3 is 9.53 Å². The van der Waals surface area contributed by atoms with Crippen LogP contribution in [0.3, 0.4) is 0 Å². The molecule has 2 rings (SSSR count). The first-order chi connectivity index (χ1) is 13.1. The molecule has 0 radical (unpaired) electrons. The summed E-state index contributed by atoms with van der Waals surface area (Å²) >= 11 is 0. The molecule has 0 aliphatic heterocycles. The van der Waals surface area contributed by atoms with Gasteiger partial charge in [-0.25, -0.2) is 0 Å². The van der Waals surface area contributed by atoms with E-state index >= 15 is 0 Å². The first-order valence-corrected chi connectivity index (χ1v) is 13.0. The molecule has 0 heterocycles. The van der Waals surface area contributed by atoms with E-state index in [0.29, 0.717) is 6.61 Å². The van der Waals surface area contributed by atoms with E-state index < -0.39 is 13.7 Å². The van der Waals surface area contributed by atoms with Crippen LogP contribution in [-0.2, 0) is 9.84 Å². The van der Waals surface area contributed by atoms with Crippen molar-refractivity contribution in [3.05, 3.63) is 83.4 Å². The summed E-state index contributed by atoms with van der Waals surface area (Å²) in [5.74, 6) is 0. The van der Waals surface area contributed by atoms with Gasteiger partial charge in [-0.3, -0.25) is 0 Å². The molecular formula is C25H36O2Si. The summed E-state index contributed by atoms with van der Waals surface area (Å²) in [5, 5.41) is 10.7. The highest BCUT2D eigenvalue weighted by Crippen LogP contribution is 2.38. The maximum atomic E-state index is 10.5. The van der Waals surface area contributed by atoms with Crippen LogP contribution >= 0.6 is 0 Å². The Bertz CT molecular complexity index is 719. The lowest BCUT2D eigenvalue weighted by molar-refractivity contribution is 0.220. The van der Waals surface area contributed by atoms with Crippen molar-refractivity contribution in [1.29, 1.82) is 0 Å². The average Bonchev–Trinajstić information content (AvgIpc) is 2.68. The molecule has 0 spiro atoms. The molecule has 2 aromatic rings. The molecule has 0 fully saturated rings. The third-order valence-electron chi connectivity index (χ3n) is 6.19. The number of rotatable bonds is 8. The molecular weight excluding hydrogens is 360 g/mol. The van der Waals surface area contributed by atoms with Crippen LogP contribution in [-0.4, -0.2) is 26.6 Å². The van der Waals surface area contributed by atoms with Crippen LogP contribution in [0.2, 0.25) is 18.1 Å². The maximum Gasteiger partial charge on any atom is 0.192 e. The first-order valence-electron chi connectivity index (χ1n) is 10.1. The number of hydrogen-bond donors (Lipinski definition) is 1. The highest BCUT2D eigenvalue weighted by molar-refractivity contribution is 6.74. The number of aliphatic hydroxyl groups excluding tert-OH is 1. The fraction of sp³-hybridized carbons (Fsp3) is 0.440. The van der Waals surface area contributed by atoms with Crippen LogP contribution in [0.1, 0.15) is 45.2 Å². The summed E-state index contributed by atoms with van der Waals surface area (Å²) in [4.78, 5) is 0. The second kappa shape index (κ2) is 9.21. The topological polar surface area (TPSA) is 29.5 Å². The Balaban J connectivity index is 2.28. The summed E-state index contributed by atoms with van der Waals surface area (Å²) in [5.41, 5.74) is 3.05. The Morgan fingerprint density at radius 2 is 1.39 bits per heavy atom. The van der Waals surface area contributed by atoms with Gasteiger partial charge in [0.15, 0.2) is 8.32 Å². The normalized spacial score (nSPS) is 13.6. The van der Waals surface area contributed by atoms with Crippen molar-refractivity contribution < 1.29 is 9.53 Å². The quantitative estimate of drug-likeness (QED) is 0.418. The van der Waals surface area contributed by atoms with Crippen LogP contribution < -0.4 is 0 Å². The molecule has 0 saturated heterocycles. The molecule has 2 aromatic carbocycles. The Morgan fingerprint density at radius 3 is 1.79 bits per heavy atom. The van der Waals surface area contributed by atoms with E-state index in [4.69, 9.17) is 4.43 Å². The number of hydrogen-bond acceptors (Lipinski definition) is 2. The smallest absolute Gasteiger partial charge is 0.192 e. The lowest BCUT2D eigenvalue weighted by atomic mass is 9.72. The van der Waals surface area contributed by atoms with Crippen molar-refractivity contribution in [3.8, 4) is 0 Å². The first kappa shape index (κ1) is 22.6. The zero-order valence-corrected chi connectivity index (χ0v) is 19.3. The van der Waals surface area contributed by atoms with Crippen molar-refractivity contribution in [1.82, 2.24) is 0 Å². The second-order valence-corrected chi connectivity index (χ2v) is 14.1. The van der Waals surface area contributed by atoms with Gasteiger partial charge in [0.1, 0.15) is 0 Å². The van der Waals surface area contributed by atoms with Crippen molar-refractivity contribution in [3.63, 3.8) is 0 Å². The van der Waals surface area contributed by atoms with Crippen molar-refractivity contribution in [2.45, 2.75) is 57.7 Å². The van der Waals surface area contributed by atoms with E-state index in [1.165, 1.54) is 5.57 Å². The molecule has 0 amide bonds. The van der Waals surface area contributed by atoms with E-state index in [1.807, 2.05) is 36.4 Å². The lowest BCUT2D eigenvalue weighted by Gasteiger charge is -2.36. The van der Waals surface area contributed by atoms with Gasteiger partial charge in [0.2, 0.25) is 0 Å². The van der Waals surface area contributed by atoms with E-state index in [-0.39, 0.29) is 11.6 Å². The van der Waals surface area contributed by atoms with Gasteiger partial charge in [-0.05, 0) is 42.6 Å². The minimum Gasteiger partial charge on any atom is -0.413 e. The maximum absolute atomic E-state index is 10.5. The summed E-state index contributed by atoms with van der Waals surface area (Å²) in [6, 6.07) is 20.6. The average molecular weight is 397 g/mol. The molecule has 0 aromatic heterocycles. The van der Waals surface area contributed by atoms with E-state index in [9.17, 15) is 5.11 Å². The van der Waals surface area contributed by atoms with Crippen LogP contribution in [0.4, 0.5) is 0 Å². The molecule has 0 unspecified atom stereocenters. The fourth-order valence-corrected chi connectivity index (χ4v) is 4.10. The number of aliphatic hydroxyl groups is 1. The largest absolute Gasteiger partial charge is 0.413 e. The van der Waals surface area contributed by atoms with E-state index in [2.05, 4.69) is 71.1 Å². The van der Waals surface area contributed by atoms with Crippen molar-refractivity contribution >= 4 is 8.32 Å². The minimum absolute atomic E-state index is 0.0634. The number of allylic oxidation sites excluding steroid dienone is 1. The standard InChI is InChI=1S/C25H36O2Si/c1-21(19-27-28(5,6)24(2,3)4)17-18-25(20-26,22-13-9-7-10-14-22)23-15-11-8-12-16-23/h7-17,26H,18-20H2,1-6H3/b21-17+. The predicted molar refractivity (Wildman–Crippen MR) is 122 cm³/mol. The summed E-state index contributed by atoms with van der Waals surface area (Å²) in [6.07, 6.45) is 2.98. The van der Waals surface area contributed by atoms with E-state index in [1.54, 1.807) is 0 Å². The molecule has 1 N–H and O–H groups in total. The Morgan fingerprint density at radius 1 is 0.929 bits per heavy atom. The number of benzene rings is 2. The highest BCUT2D eigenvalue weighted by atomic mass is 28.4. The fourth-order valence-electron chi connectivity index (χ4n) is 3.08. The van der Waals surface area contributed by atoms with Gasteiger partial charge in [0.05, 0.1) is 13.2 Å². The zero-order chi connectivity index (χ0) is 20.8. The van der Waals surface area contributed by atoms with Gasteiger partial charge in [-0.2, -0.15) is 0 Å². The molecule has 3 heteroatoms. The van der Waals surface area contributed by atoms with E-state index in [0.717, 1.165) is 17.5 Å². The van der Waals surface area contributed by atoms with Gasteiger partial charge in [-0.1, -0.05) is 93.1 Å². The van der Waals surface area contributed by atoms with Crippen LogP contribution in [0.25, 0.3) is 0 Å². The Labute approximate surface area is 172 Å². The Kier molecular flexibility index (Phi) is 7.44. The SMILES string of the molecule is C/C(=C\CC(CO)(c1ccccc1)c1ccccc1)CO[Si](C)(C)C(C)(C)C. The molecule has 0 bridgehead atoms. The zero-order valence-electron chi connectivity index (χ0n) is 18.3. The van der Waals surface area contributed by atoms with Gasteiger partial charge in [0.25, 0.3) is 0 Å². The van der Waals surface area contributed by atoms with Crippen molar-refractivity contribution in [2.75, 3.05) is 13.2 Å². The summed E-state index contributed by atoms with van der Waals surface area (Å²) in [7, 11) is -1.77. The van der Waals surface area contributed by atoms with Gasteiger partial charge in [-0.15, -0.1) is 0 Å². The van der Waals surface area contributed by atoms with Crippen LogP contribution in [0, 0.1) is 0 Å². The lowest BCUT2D eigenvalue weighted by Crippen LogP contribution is -2.41. The predicted octanol–water partition coefficient (Wildman–Crippen LogP) is 6.32. The molecule has 28 heavy (non-hydrogen) atoms. The summed E-state index contributed by atoms with van der Waals surface area (Å²) < 4.78 is 6.37. The van der Waals surface area contributed by atoms with Gasteiger partial charge >= 0.3 is 0 Å². The molecule has 0 aliphatic carbocycles. The molecule has 0 aliphatic rings. The third-order valence-corrected chi connectivity index (χ3v) is 10.7. The van der Waals surface area contributed by atoms with Crippen molar-refractivity contribution in [2.24, 2.45) is 0 Å². The highest BCUT2D eigenvalue weighted by Gasteiger charge is 2.37. The van der Waals surface area contributed by atoms with Gasteiger partial charge in [0, 0.05) is 5.41 Å². The minimum atomic E-state index is -1.77. The summed E-state index contributed by atoms with van der Waals surface area (Å²) in [6.45, 7) is 14.2. The molecule has 0 atom stereocenters. The van der Waals surface area contributed by atoms with Crippen LogP contribution in [0.5, 0.6) is 0 Å². The van der Waals surface area contributed by atoms with Crippen LogP contribution in [0.15, 0.2) is 72.3 Å². The third kappa shape index (κ3) is 5.22. The molecule has 2 nitrogen and oxygen atoms in total. The molecule has 152 valence electrons. The monoisotopic (exact) mass is 396 g/mol. The Hall–Kier alpha value is -1.68. The molecule has 0 saturated carbocycles. The second-order valence-electron chi connectivity index (χ2n) is 9.28.